The Bertz CT molecular complexity index is 364. The molecule has 0 radical (unpaired) electrons. The summed E-state index contributed by atoms with van der Waals surface area (Å²) in [7, 11) is 0. The number of carbonyl (C=O) groups excluding carboxylic acids is 1. The molecule has 4 nitrogen and oxygen atoms in total. The molecule has 5 atom stereocenters. The third-order valence-electron chi connectivity index (χ3n) is 4.16. The first-order chi connectivity index (χ1) is 8.88. The van der Waals surface area contributed by atoms with E-state index in [1.54, 1.807) is 0 Å². The number of carboxylic acids is 1. The first kappa shape index (κ1) is 14.7. The van der Waals surface area contributed by atoms with Gasteiger partial charge in [0.15, 0.2) is 0 Å². The first-order valence-electron chi connectivity index (χ1n) is 7.05. The summed E-state index contributed by atoms with van der Waals surface area (Å²) in [4.78, 5) is 25.8. The van der Waals surface area contributed by atoms with E-state index in [9.17, 15) is 14.7 Å². The normalized spacial score (nSPS) is 39.3. The zero-order chi connectivity index (χ0) is 14.2. The van der Waals surface area contributed by atoms with E-state index in [0.29, 0.717) is 22.8 Å². The van der Waals surface area contributed by atoms with Gasteiger partial charge >= 0.3 is 5.97 Å². The average molecular weight is 285 g/mol. The Morgan fingerprint density at radius 1 is 1.05 bits per heavy atom. The highest BCUT2D eigenvalue weighted by molar-refractivity contribution is 8.00. The Morgan fingerprint density at radius 3 is 2.11 bits per heavy atom. The molecule has 0 aromatic rings. The lowest BCUT2D eigenvalue weighted by atomic mass is 9.94. The SMILES string of the molecule is CC1CC(C(=O)O)C(C(=O)N2CC(C)SC(C)C2)C1. The van der Waals surface area contributed by atoms with E-state index in [0.717, 1.165) is 19.5 Å². The van der Waals surface area contributed by atoms with Crippen molar-refractivity contribution in [2.24, 2.45) is 17.8 Å². The Labute approximate surface area is 118 Å². The van der Waals surface area contributed by atoms with E-state index in [1.807, 2.05) is 23.6 Å². The van der Waals surface area contributed by atoms with Crippen LogP contribution >= 0.6 is 11.8 Å². The van der Waals surface area contributed by atoms with Gasteiger partial charge in [-0.3, -0.25) is 9.59 Å². The maximum atomic E-state index is 12.6. The van der Waals surface area contributed by atoms with Gasteiger partial charge in [-0.25, -0.2) is 0 Å². The molecule has 1 N–H and O–H groups in total. The van der Waals surface area contributed by atoms with E-state index < -0.39 is 11.9 Å². The quantitative estimate of drug-likeness (QED) is 0.844. The third kappa shape index (κ3) is 3.25. The van der Waals surface area contributed by atoms with Crippen molar-refractivity contribution in [1.82, 2.24) is 4.90 Å². The molecule has 2 aliphatic rings. The van der Waals surface area contributed by atoms with Gasteiger partial charge in [-0.15, -0.1) is 0 Å². The highest BCUT2D eigenvalue weighted by Gasteiger charge is 2.43. The van der Waals surface area contributed by atoms with Gasteiger partial charge < -0.3 is 10.0 Å². The molecule has 0 aromatic heterocycles. The highest BCUT2D eigenvalue weighted by Crippen LogP contribution is 2.38. The number of thioether (sulfide) groups is 1. The van der Waals surface area contributed by atoms with E-state index in [1.165, 1.54) is 0 Å². The molecule has 108 valence electrons. The molecule has 5 heteroatoms. The van der Waals surface area contributed by atoms with Crippen molar-refractivity contribution in [2.45, 2.75) is 44.1 Å². The summed E-state index contributed by atoms with van der Waals surface area (Å²) in [6.07, 6.45) is 1.36. The maximum Gasteiger partial charge on any atom is 0.307 e. The monoisotopic (exact) mass is 285 g/mol. The van der Waals surface area contributed by atoms with E-state index in [4.69, 9.17) is 0 Å². The second-order valence-electron chi connectivity index (χ2n) is 6.13. The molecule has 19 heavy (non-hydrogen) atoms. The summed E-state index contributed by atoms with van der Waals surface area (Å²) < 4.78 is 0. The summed E-state index contributed by atoms with van der Waals surface area (Å²) >= 11 is 1.90. The lowest BCUT2D eigenvalue weighted by molar-refractivity contribution is -0.149. The summed E-state index contributed by atoms with van der Waals surface area (Å²) in [5.74, 6) is -1.20. The molecule has 1 heterocycles. The minimum atomic E-state index is -0.810. The summed E-state index contributed by atoms with van der Waals surface area (Å²) in [6, 6.07) is 0. The van der Waals surface area contributed by atoms with Gasteiger partial charge in [0.05, 0.1) is 11.8 Å². The van der Waals surface area contributed by atoms with Gasteiger partial charge in [0.1, 0.15) is 0 Å². The Kier molecular flexibility index (Phi) is 4.43. The second kappa shape index (κ2) is 5.73. The van der Waals surface area contributed by atoms with Crippen molar-refractivity contribution < 1.29 is 14.7 Å². The van der Waals surface area contributed by atoms with Crippen LogP contribution < -0.4 is 0 Å². The zero-order valence-electron chi connectivity index (χ0n) is 11.8. The van der Waals surface area contributed by atoms with Crippen LogP contribution in [0.3, 0.4) is 0 Å². The third-order valence-corrected chi connectivity index (χ3v) is 5.39. The Balaban J connectivity index is 2.07. The van der Waals surface area contributed by atoms with Crippen molar-refractivity contribution in [2.75, 3.05) is 13.1 Å². The zero-order valence-corrected chi connectivity index (χ0v) is 12.7. The summed E-state index contributed by atoms with van der Waals surface area (Å²) in [5, 5.41) is 10.2. The van der Waals surface area contributed by atoms with Crippen LogP contribution in [0, 0.1) is 17.8 Å². The second-order valence-corrected chi connectivity index (χ2v) is 8.01. The summed E-state index contributed by atoms with van der Waals surface area (Å²) in [5.41, 5.74) is 0. The van der Waals surface area contributed by atoms with Gasteiger partial charge in [0.25, 0.3) is 0 Å². The Morgan fingerprint density at radius 2 is 1.58 bits per heavy atom. The van der Waals surface area contributed by atoms with E-state index >= 15 is 0 Å². The molecule has 0 aromatic carbocycles. The molecule has 1 saturated heterocycles. The predicted octanol–water partition coefficient (Wildman–Crippen LogP) is 2.09. The molecule has 0 spiro atoms. The van der Waals surface area contributed by atoms with Crippen LogP contribution in [-0.4, -0.2) is 45.5 Å². The van der Waals surface area contributed by atoms with Crippen LogP contribution in [0.4, 0.5) is 0 Å². The maximum absolute atomic E-state index is 12.6. The van der Waals surface area contributed by atoms with Gasteiger partial charge in [0, 0.05) is 23.6 Å². The van der Waals surface area contributed by atoms with Crippen LogP contribution in [0.2, 0.25) is 0 Å². The van der Waals surface area contributed by atoms with Crippen LogP contribution in [0.15, 0.2) is 0 Å². The van der Waals surface area contributed by atoms with E-state index in [-0.39, 0.29) is 11.8 Å². The fourth-order valence-electron chi connectivity index (χ4n) is 3.43. The minimum Gasteiger partial charge on any atom is -0.481 e. The van der Waals surface area contributed by atoms with Gasteiger partial charge in [-0.2, -0.15) is 11.8 Å². The number of rotatable bonds is 2. The number of aliphatic carboxylic acids is 1. The molecule has 1 saturated carbocycles. The molecular weight excluding hydrogens is 262 g/mol. The summed E-state index contributed by atoms with van der Waals surface area (Å²) in [6.45, 7) is 7.82. The van der Waals surface area contributed by atoms with Crippen molar-refractivity contribution in [3.63, 3.8) is 0 Å². The van der Waals surface area contributed by atoms with Crippen molar-refractivity contribution in [3.05, 3.63) is 0 Å². The molecule has 5 unspecified atom stereocenters. The number of hydrogen-bond donors (Lipinski definition) is 1. The fourth-order valence-corrected chi connectivity index (χ4v) is 4.76. The lowest BCUT2D eigenvalue weighted by Crippen LogP contribution is -2.47. The standard InChI is InChI=1S/C14H23NO3S/c1-8-4-11(12(5-8)14(17)18)13(16)15-6-9(2)19-10(3)7-15/h8-12H,4-7H2,1-3H3,(H,17,18). The van der Waals surface area contributed by atoms with Crippen molar-refractivity contribution in [3.8, 4) is 0 Å². The number of hydrogen-bond acceptors (Lipinski definition) is 3. The topological polar surface area (TPSA) is 57.6 Å². The van der Waals surface area contributed by atoms with Crippen LogP contribution in [0.5, 0.6) is 0 Å². The molecule has 2 rings (SSSR count). The molecule has 1 amide bonds. The minimum absolute atomic E-state index is 0.0655. The fraction of sp³-hybridized carbons (Fsp3) is 0.857. The largest absolute Gasteiger partial charge is 0.481 e. The Hall–Kier alpha value is -0.710. The van der Waals surface area contributed by atoms with E-state index in [2.05, 4.69) is 13.8 Å². The smallest absolute Gasteiger partial charge is 0.307 e. The predicted molar refractivity (Wildman–Crippen MR) is 76.1 cm³/mol. The number of amides is 1. The number of carbonyl (C=O) groups is 2. The van der Waals surface area contributed by atoms with Crippen LogP contribution in [0.25, 0.3) is 0 Å². The van der Waals surface area contributed by atoms with Crippen molar-refractivity contribution in [1.29, 1.82) is 0 Å². The molecular formula is C14H23NO3S. The van der Waals surface area contributed by atoms with Gasteiger partial charge in [0.2, 0.25) is 5.91 Å². The molecule has 1 aliphatic carbocycles. The van der Waals surface area contributed by atoms with Crippen LogP contribution in [0.1, 0.15) is 33.6 Å². The van der Waals surface area contributed by atoms with Crippen LogP contribution in [-0.2, 0) is 9.59 Å². The number of carboxylic acid groups (broad SMARTS) is 1. The molecule has 1 aliphatic heterocycles. The van der Waals surface area contributed by atoms with Crippen molar-refractivity contribution >= 4 is 23.6 Å². The lowest BCUT2D eigenvalue weighted by Gasteiger charge is -2.36. The van der Waals surface area contributed by atoms with Gasteiger partial charge in [-0.1, -0.05) is 20.8 Å². The highest BCUT2D eigenvalue weighted by atomic mass is 32.2. The average Bonchev–Trinajstić information content (AvgIpc) is 2.69. The van der Waals surface area contributed by atoms with Gasteiger partial charge in [-0.05, 0) is 18.8 Å². The number of nitrogens with zero attached hydrogens (tertiary/aromatic N) is 1. The first-order valence-corrected chi connectivity index (χ1v) is 7.99. The molecule has 2 fully saturated rings. The molecule has 0 bridgehead atoms.